The van der Waals surface area contributed by atoms with Crippen molar-refractivity contribution in [2.75, 3.05) is 0 Å². The molecule has 86 valence electrons. The molecule has 0 heterocycles. The van der Waals surface area contributed by atoms with Gasteiger partial charge in [0.1, 0.15) is 11.5 Å². The molecule has 2 rings (SSSR count). The highest BCUT2D eigenvalue weighted by Gasteiger charge is 2.10. The molecular formula is C13H9ClO3. The lowest BCUT2D eigenvalue weighted by Crippen LogP contribution is -2.00. The number of phenolic OH excluding ortho intramolecular Hbond substituents is 2. The SMILES string of the molecule is O=C(c1ccc(O)cc1)c1ccc(O)c(Cl)c1. The minimum absolute atomic E-state index is 0.0612. The summed E-state index contributed by atoms with van der Waals surface area (Å²) < 4.78 is 0. The summed E-state index contributed by atoms with van der Waals surface area (Å²) in [5.41, 5.74) is 0.836. The molecule has 0 aliphatic carbocycles. The van der Waals surface area contributed by atoms with E-state index in [4.69, 9.17) is 16.7 Å². The molecule has 0 aliphatic heterocycles. The molecule has 4 heteroatoms. The van der Waals surface area contributed by atoms with Gasteiger partial charge < -0.3 is 10.2 Å². The van der Waals surface area contributed by atoms with Gasteiger partial charge in [-0.25, -0.2) is 0 Å². The summed E-state index contributed by atoms with van der Waals surface area (Å²) >= 11 is 5.73. The van der Waals surface area contributed by atoms with Crippen LogP contribution < -0.4 is 0 Å². The molecule has 0 atom stereocenters. The monoisotopic (exact) mass is 248 g/mol. The van der Waals surface area contributed by atoms with E-state index in [1.807, 2.05) is 0 Å². The lowest BCUT2D eigenvalue weighted by atomic mass is 10.0. The molecule has 17 heavy (non-hydrogen) atoms. The van der Waals surface area contributed by atoms with E-state index in [-0.39, 0.29) is 22.3 Å². The summed E-state index contributed by atoms with van der Waals surface area (Å²) in [6.45, 7) is 0. The first-order valence-electron chi connectivity index (χ1n) is 4.90. The Morgan fingerprint density at radius 3 is 2.12 bits per heavy atom. The Hall–Kier alpha value is -2.00. The number of carbonyl (C=O) groups excluding carboxylic acids is 1. The quantitative estimate of drug-likeness (QED) is 0.804. The van der Waals surface area contributed by atoms with Crippen molar-refractivity contribution in [3.63, 3.8) is 0 Å². The molecule has 0 radical (unpaired) electrons. The third-order valence-corrected chi connectivity index (χ3v) is 2.64. The van der Waals surface area contributed by atoms with Crippen LogP contribution in [0.2, 0.25) is 5.02 Å². The van der Waals surface area contributed by atoms with Crippen molar-refractivity contribution in [1.29, 1.82) is 0 Å². The molecule has 0 fully saturated rings. The topological polar surface area (TPSA) is 57.5 Å². The summed E-state index contributed by atoms with van der Waals surface area (Å²) in [4.78, 5) is 12.0. The second kappa shape index (κ2) is 4.47. The zero-order chi connectivity index (χ0) is 12.4. The van der Waals surface area contributed by atoms with Crippen LogP contribution in [0.4, 0.5) is 0 Å². The maximum Gasteiger partial charge on any atom is 0.193 e. The molecule has 0 amide bonds. The number of hydrogen-bond acceptors (Lipinski definition) is 3. The number of hydrogen-bond donors (Lipinski definition) is 2. The fraction of sp³-hybridized carbons (Fsp3) is 0. The number of halogens is 1. The van der Waals surface area contributed by atoms with Crippen molar-refractivity contribution in [2.45, 2.75) is 0 Å². The maximum atomic E-state index is 12.0. The van der Waals surface area contributed by atoms with Gasteiger partial charge in [-0.3, -0.25) is 4.79 Å². The molecule has 0 saturated heterocycles. The standard InChI is InChI=1S/C13H9ClO3/c14-11-7-9(3-6-12(11)16)13(17)8-1-4-10(15)5-2-8/h1-7,15-16H. The summed E-state index contributed by atoms with van der Waals surface area (Å²) in [6, 6.07) is 10.2. The first kappa shape index (κ1) is 11.5. The van der Waals surface area contributed by atoms with Crippen LogP contribution in [0.1, 0.15) is 15.9 Å². The van der Waals surface area contributed by atoms with Crippen LogP contribution in [0.5, 0.6) is 11.5 Å². The molecule has 0 aliphatic rings. The Bertz CT molecular complexity index is 561. The Balaban J connectivity index is 2.37. The summed E-state index contributed by atoms with van der Waals surface area (Å²) in [5.74, 6) is -0.175. The number of ketones is 1. The summed E-state index contributed by atoms with van der Waals surface area (Å²) in [7, 11) is 0. The zero-order valence-electron chi connectivity index (χ0n) is 8.72. The fourth-order valence-electron chi connectivity index (χ4n) is 1.43. The largest absolute Gasteiger partial charge is 0.508 e. The van der Waals surface area contributed by atoms with Crippen molar-refractivity contribution in [2.24, 2.45) is 0 Å². The average molecular weight is 249 g/mol. The molecule has 2 aromatic rings. The molecule has 3 nitrogen and oxygen atoms in total. The van der Waals surface area contributed by atoms with Gasteiger partial charge in [0.15, 0.2) is 5.78 Å². The highest BCUT2D eigenvalue weighted by Crippen LogP contribution is 2.25. The number of rotatable bonds is 2. The van der Waals surface area contributed by atoms with E-state index >= 15 is 0 Å². The van der Waals surface area contributed by atoms with Gasteiger partial charge >= 0.3 is 0 Å². The Morgan fingerprint density at radius 2 is 1.53 bits per heavy atom. The minimum atomic E-state index is -0.216. The summed E-state index contributed by atoms with van der Waals surface area (Å²) in [5, 5.41) is 18.5. The Morgan fingerprint density at radius 1 is 0.941 bits per heavy atom. The van der Waals surface area contributed by atoms with Crippen LogP contribution in [0.15, 0.2) is 42.5 Å². The van der Waals surface area contributed by atoms with Crippen molar-refractivity contribution in [3.8, 4) is 11.5 Å². The number of aromatic hydroxyl groups is 2. The normalized spacial score (nSPS) is 10.2. The smallest absolute Gasteiger partial charge is 0.193 e. The molecule has 0 aromatic heterocycles. The second-order valence-electron chi connectivity index (χ2n) is 3.54. The van der Waals surface area contributed by atoms with Gasteiger partial charge in [-0.2, -0.15) is 0 Å². The van der Waals surface area contributed by atoms with E-state index in [9.17, 15) is 9.90 Å². The van der Waals surface area contributed by atoms with Crippen LogP contribution in [-0.4, -0.2) is 16.0 Å². The zero-order valence-corrected chi connectivity index (χ0v) is 9.48. The molecule has 2 aromatic carbocycles. The van der Waals surface area contributed by atoms with Gasteiger partial charge in [-0.1, -0.05) is 11.6 Å². The molecule has 0 unspecified atom stereocenters. The van der Waals surface area contributed by atoms with Crippen molar-refractivity contribution in [1.82, 2.24) is 0 Å². The highest BCUT2D eigenvalue weighted by atomic mass is 35.5. The predicted octanol–water partition coefficient (Wildman–Crippen LogP) is 2.98. The lowest BCUT2D eigenvalue weighted by Gasteiger charge is -2.03. The fourth-order valence-corrected chi connectivity index (χ4v) is 1.61. The van der Waals surface area contributed by atoms with Crippen LogP contribution in [0.3, 0.4) is 0 Å². The molecule has 2 N–H and O–H groups in total. The van der Waals surface area contributed by atoms with E-state index in [0.717, 1.165) is 0 Å². The average Bonchev–Trinajstić information content (AvgIpc) is 2.33. The first-order valence-corrected chi connectivity index (χ1v) is 5.28. The lowest BCUT2D eigenvalue weighted by molar-refractivity contribution is 0.103. The third-order valence-electron chi connectivity index (χ3n) is 2.34. The van der Waals surface area contributed by atoms with Crippen LogP contribution in [-0.2, 0) is 0 Å². The van der Waals surface area contributed by atoms with E-state index in [1.165, 1.54) is 42.5 Å². The summed E-state index contributed by atoms with van der Waals surface area (Å²) in [6.07, 6.45) is 0. The van der Waals surface area contributed by atoms with Gasteiger partial charge in [0.25, 0.3) is 0 Å². The van der Waals surface area contributed by atoms with Gasteiger partial charge in [-0.15, -0.1) is 0 Å². The second-order valence-corrected chi connectivity index (χ2v) is 3.95. The Kier molecular flexibility index (Phi) is 3.02. The van der Waals surface area contributed by atoms with Gasteiger partial charge in [0.05, 0.1) is 5.02 Å². The van der Waals surface area contributed by atoms with Crippen molar-refractivity contribution in [3.05, 3.63) is 58.6 Å². The van der Waals surface area contributed by atoms with Gasteiger partial charge in [0.2, 0.25) is 0 Å². The van der Waals surface area contributed by atoms with Crippen molar-refractivity contribution < 1.29 is 15.0 Å². The maximum absolute atomic E-state index is 12.0. The van der Waals surface area contributed by atoms with E-state index < -0.39 is 0 Å². The number of carbonyl (C=O) groups is 1. The van der Waals surface area contributed by atoms with Crippen LogP contribution in [0.25, 0.3) is 0 Å². The molecule has 0 spiro atoms. The van der Waals surface area contributed by atoms with Gasteiger partial charge in [-0.05, 0) is 42.5 Å². The first-order chi connectivity index (χ1) is 8.08. The number of benzene rings is 2. The predicted molar refractivity (Wildman–Crippen MR) is 64.7 cm³/mol. The number of phenols is 2. The van der Waals surface area contributed by atoms with Crippen LogP contribution in [0, 0.1) is 0 Å². The van der Waals surface area contributed by atoms with E-state index in [2.05, 4.69) is 0 Å². The molecular weight excluding hydrogens is 240 g/mol. The molecule has 0 saturated carbocycles. The van der Waals surface area contributed by atoms with E-state index in [0.29, 0.717) is 11.1 Å². The molecule has 0 bridgehead atoms. The highest BCUT2D eigenvalue weighted by molar-refractivity contribution is 6.32. The minimum Gasteiger partial charge on any atom is -0.508 e. The van der Waals surface area contributed by atoms with Crippen molar-refractivity contribution >= 4 is 17.4 Å². The Labute approximate surface area is 103 Å². The van der Waals surface area contributed by atoms with E-state index in [1.54, 1.807) is 0 Å². The van der Waals surface area contributed by atoms with Gasteiger partial charge in [0, 0.05) is 11.1 Å². The van der Waals surface area contributed by atoms with Crippen LogP contribution >= 0.6 is 11.6 Å². The third kappa shape index (κ3) is 2.40.